The molecule has 0 saturated heterocycles. The molecule has 2 atom stereocenters. The van der Waals surface area contributed by atoms with Gasteiger partial charge in [-0.25, -0.2) is 4.98 Å². The van der Waals surface area contributed by atoms with Crippen LogP contribution < -0.4 is 5.73 Å². The maximum Gasteiger partial charge on any atom is 0.184 e. The van der Waals surface area contributed by atoms with Crippen LogP contribution in [-0.2, 0) is 0 Å². The van der Waals surface area contributed by atoms with Gasteiger partial charge in [0.05, 0.1) is 5.25 Å². The lowest BCUT2D eigenvalue weighted by Crippen LogP contribution is -2.22. The maximum absolute atomic E-state index is 6.05. The highest BCUT2D eigenvalue weighted by molar-refractivity contribution is 7.99. The van der Waals surface area contributed by atoms with E-state index in [-0.39, 0.29) is 11.3 Å². The summed E-state index contributed by atoms with van der Waals surface area (Å²) in [5.74, 6) is 0. The summed E-state index contributed by atoms with van der Waals surface area (Å²) in [5.41, 5.74) is 8.52. The zero-order chi connectivity index (χ0) is 12.3. The quantitative estimate of drug-likeness (QED) is 0.815. The Hall–Kier alpha value is -1.33. The van der Waals surface area contributed by atoms with Gasteiger partial charge in [-0.15, -0.1) is 0 Å². The second kappa shape index (κ2) is 5.33. The van der Waals surface area contributed by atoms with Crippen LogP contribution in [0.4, 0.5) is 0 Å². The molecule has 0 fully saturated rings. The Bertz CT molecular complexity index is 467. The Kier molecular flexibility index (Phi) is 3.81. The van der Waals surface area contributed by atoms with E-state index < -0.39 is 0 Å². The third kappa shape index (κ3) is 3.08. The first-order valence-electron chi connectivity index (χ1n) is 5.51. The van der Waals surface area contributed by atoms with Gasteiger partial charge in [-0.3, -0.25) is 5.10 Å². The van der Waals surface area contributed by atoms with Crippen molar-refractivity contribution >= 4 is 11.8 Å². The van der Waals surface area contributed by atoms with E-state index in [1.807, 2.05) is 6.92 Å². The van der Waals surface area contributed by atoms with Gasteiger partial charge in [-0.2, -0.15) is 5.10 Å². The fourth-order valence-corrected chi connectivity index (χ4v) is 2.65. The summed E-state index contributed by atoms with van der Waals surface area (Å²) in [7, 11) is 0. The Balaban J connectivity index is 2.23. The number of aromatic nitrogens is 3. The van der Waals surface area contributed by atoms with Gasteiger partial charge in [0.1, 0.15) is 6.33 Å². The van der Waals surface area contributed by atoms with E-state index in [9.17, 15) is 0 Å². The highest BCUT2D eigenvalue weighted by atomic mass is 32.2. The minimum Gasteiger partial charge on any atom is -0.327 e. The molecule has 0 aliphatic rings. The topological polar surface area (TPSA) is 67.6 Å². The van der Waals surface area contributed by atoms with Crippen LogP contribution in [0.3, 0.4) is 0 Å². The van der Waals surface area contributed by atoms with Crippen molar-refractivity contribution in [2.24, 2.45) is 5.73 Å². The van der Waals surface area contributed by atoms with Crippen molar-refractivity contribution in [3.05, 3.63) is 41.7 Å². The van der Waals surface area contributed by atoms with Crippen molar-refractivity contribution in [1.29, 1.82) is 0 Å². The van der Waals surface area contributed by atoms with Crippen molar-refractivity contribution < 1.29 is 0 Å². The molecule has 1 aromatic heterocycles. The van der Waals surface area contributed by atoms with Crippen molar-refractivity contribution in [3.8, 4) is 0 Å². The Morgan fingerprint density at radius 3 is 2.82 bits per heavy atom. The fraction of sp³-hybridized carbons (Fsp3) is 0.333. The van der Waals surface area contributed by atoms with Gasteiger partial charge in [-0.1, -0.05) is 41.6 Å². The molecule has 1 heterocycles. The number of nitrogens with one attached hydrogen (secondary N) is 1. The van der Waals surface area contributed by atoms with Crippen LogP contribution in [0.1, 0.15) is 23.3 Å². The van der Waals surface area contributed by atoms with Gasteiger partial charge in [0.15, 0.2) is 5.16 Å². The monoisotopic (exact) mass is 248 g/mol. The van der Waals surface area contributed by atoms with Gasteiger partial charge in [0.25, 0.3) is 0 Å². The third-order valence-electron chi connectivity index (χ3n) is 2.48. The molecule has 0 saturated carbocycles. The number of aryl methyl sites for hydroxylation is 1. The molecule has 2 rings (SSSR count). The van der Waals surface area contributed by atoms with E-state index in [1.54, 1.807) is 11.8 Å². The van der Waals surface area contributed by atoms with Crippen LogP contribution in [0.25, 0.3) is 0 Å². The van der Waals surface area contributed by atoms with Gasteiger partial charge in [0.2, 0.25) is 0 Å². The third-order valence-corrected chi connectivity index (χ3v) is 3.86. The predicted octanol–water partition coefficient (Wildman–Crippen LogP) is 2.29. The summed E-state index contributed by atoms with van der Waals surface area (Å²) >= 11 is 1.61. The number of benzene rings is 1. The number of nitrogens with two attached hydrogens (primary N) is 1. The first kappa shape index (κ1) is 12.1. The number of aromatic amines is 1. The van der Waals surface area contributed by atoms with Gasteiger partial charge >= 0.3 is 0 Å². The highest BCUT2D eigenvalue weighted by Crippen LogP contribution is 2.35. The predicted molar refractivity (Wildman–Crippen MR) is 69.8 cm³/mol. The average molecular weight is 248 g/mol. The SMILES string of the molecule is Cc1cccc(C(Sc2ncn[nH]2)C(C)N)c1. The normalized spacial score (nSPS) is 14.5. The van der Waals surface area contributed by atoms with E-state index in [0.29, 0.717) is 0 Å². The van der Waals surface area contributed by atoms with Gasteiger partial charge in [0, 0.05) is 6.04 Å². The minimum absolute atomic E-state index is 0.0481. The molecule has 5 heteroatoms. The average Bonchev–Trinajstić information content (AvgIpc) is 2.78. The van der Waals surface area contributed by atoms with Crippen molar-refractivity contribution in [2.75, 3.05) is 0 Å². The molecule has 4 nitrogen and oxygen atoms in total. The summed E-state index contributed by atoms with van der Waals surface area (Å²) in [6, 6.07) is 8.45. The van der Waals surface area contributed by atoms with Crippen molar-refractivity contribution in [3.63, 3.8) is 0 Å². The molecular formula is C12H16N4S. The Morgan fingerprint density at radius 2 is 2.24 bits per heavy atom. The molecule has 90 valence electrons. The fourth-order valence-electron chi connectivity index (χ4n) is 1.70. The summed E-state index contributed by atoms with van der Waals surface area (Å²) in [6.45, 7) is 4.09. The zero-order valence-corrected chi connectivity index (χ0v) is 10.7. The van der Waals surface area contributed by atoms with Gasteiger partial charge in [-0.05, 0) is 19.4 Å². The second-order valence-electron chi connectivity index (χ2n) is 4.10. The zero-order valence-electron chi connectivity index (χ0n) is 9.92. The Morgan fingerprint density at radius 1 is 1.41 bits per heavy atom. The summed E-state index contributed by atoms with van der Waals surface area (Å²) in [5, 5.41) is 7.68. The molecule has 0 bridgehead atoms. The van der Waals surface area contributed by atoms with E-state index in [4.69, 9.17) is 5.73 Å². The standard InChI is InChI=1S/C12H16N4S/c1-8-4-3-5-10(6-8)11(9(2)13)17-12-14-7-15-16-12/h3-7,9,11H,13H2,1-2H3,(H,14,15,16). The van der Waals surface area contributed by atoms with Crippen LogP contribution in [0, 0.1) is 6.92 Å². The highest BCUT2D eigenvalue weighted by Gasteiger charge is 2.19. The van der Waals surface area contributed by atoms with Crippen LogP contribution >= 0.6 is 11.8 Å². The maximum atomic E-state index is 6.05. The van der Waals surface area contributed by atoms with Crippen LogP contribution in [-0.4, -0.2) is 21.2 Å². The lowest BCUT2D eigenvalue weighted by Gasteiger charge is -2.19. The molecule has 0 spiro atoms. The Labute approximate surface area is 105 Å². The summed E-state index contributed by atoms with van der Waals surface area (Å²) < 4.78 is 0. The van der Waals surface area contributed by atoms with Crippen LogP contribution in [0.5, 0.6) is 0 Å². The molecular weight excluding hydrogens is 232 g/mol. The number of thioether (sulfide) groups is 1. The van der Waals surface area contributed by atoms with Crippen LogP contribution in [0.2, 0.25) is 0 Å². The van der Waals surface area contributed by atoms with E-state index >= 15 is 0 Å². The number of hydrogen-bond acceptors (Lipinski definition) is 4. The molecule has 2 aromatic rings. The minimum atomic E-state index is 0.0481. The summed E-state index contributed by atoms with van der Waals surface area (Å²) in [6.07, 6.45) is 1.51. The van der Waals surface area contributed by atoms with Gasteiger partial charge < -0.3 is 5.73 Å². The first-order chi connectivity index (χ1) is 8.16. The molecule has 17 heavy (non-hydrogen) atoms. The molecule has 0 amide bonds. The summed E-state index contributed by atoms with van der Waals surface area (Å²) in [4.78, 5) is 4.13. The van der Waals surface area contributed by atoms with E-state index in [2.05, 4.69) is 46.4 Å². The lowest BCUT2D eigenvalue weighted by molar-refractivity contribution is 0.718. The molecule has 0 aliphatic heterocycles. The number of nitrogens with zero attached hydrogens (tertiary/aromatic N) is 2. The molecule has 1 aromatic carbocycles. The molecule has 0 radical (unpaired) electrons. The number of H-pyrrole nitrogens is 1. The van der Waals surface area contributed by atoms with Crippen LogP contribution in [0.15, 0.2) is 35.7 Å². The number of hydrogen-bond donors (Lipinski definition) is 2. The van der Waals surface area contributed by atoms with E-state index in [1.165, 1.54) is 17.5 Å². The molecule has 3 N–H and O–H groups in total. The lowest BCUT2D eigenvalue weighted by atomic mass is 10.0. The second-order valence-corrected chi connectivity index (χ2v) is 5.23. The van der Waals surface area contributed by atoms with E-state index in [0.717, 1.165) is 5.16 Å². The molecule has 2 unspecified atom stereocenters. The number of rotatable bonds is 4. The van der Waals surface area contributed by atoms with Crippen molar-refractivity contribution in [1.82, 2.24) is 15.2 Å². The molecule has 0 aliphatic carbocycles. The smallest absolute Gasteiger partial charge is 0.184 e. The first-order valence-corrected chi connectivity index (χ1v) is 6.39. The largest absolute Gasteiger partial charge is 0.327 e. The van der Waals surface area contributed by atoms with Crippen molar-refractivity contribution in [2.45, 2.75) is 30.3 Å².